The van der Waals surface area contributed by atoms with Crippen molar-refractivity contribution in [1.82, 2.24) is 0 Å². The van der Waals surface area contributed by atoms with Gasteiger partial charge in [0.05, 0.1) is 10.8 Å². The number of halogens is 1. The Morgan fingerprint density at radius 3 is 2.82 bits per heavy atom. The summed E-state index contributed by atoms with van der Waals surface area (Å²) < 4.78 is 18.2. The zero-order valence-corrected chi connectivity index (χ0v) is 12.6. The Morgan fingerprint density at radius 1 is 1.41 bits per heavy atom. The van der Waals surface area contributed by atoms with Crippen LogP contribution >= 0.6 is 11.3 Å². The number of thiophene rings is 1. The fourth-order valence-corrected chi connectivity index (χ4v) is 2.65. The molecule has 22 heavy (non-hydrogen) atoms. The molecule has 0 bridgehead atoms. The summed E-state index contributed by atoms with van der Waals surface area (Å²) in [5.74, 6) is -1.18. The summed E-state index contributed by atoms with van der Waals surface area (Å²) in [6.45, 7) is 1.69. The summed E-state index contributed by atoms with van der Waals surface area (Å²) >= 11 is 0.990. The molecule has 0 aliphatic carbocycles. The average molecular weight is 323 g/mol. The highest BCUT2D eigenvalue weighted by Crippen LogP contribution is 2.23. The van der Waals surface area contributed by atoms with E-state index in [0.717, 1.165) is 16.9 Å². The molecule has 1 heterocycles. The van der Waals surface area contributed by atoms with Gasteiger partial charge < -0.3 is 4.74 Å². The molecule has 0 saturated carbocycles. The second kappa shape index (κ2) is 7.13. The zero-order chi connectivity index (χ0) is 16.1. The van der Waals surface area contributed by atoms with Crippen molar-refractivity contribution in [3.05, 3.63) is 62.8 Å². The first-order chi connectivity index (χ1) is 10.5. The van der Waals surface area contributed by atoms with Gasteiger partial charge in [-0.2, -0.15) is 0 Å². The molecule has 2 rings (SSSR count). The van der Waals surface area contributed by atoms with Crippen LogP contribution in [0, 0.1) is 21.8 Å². The number of ether oxygens (including phenoxy) is 1. The second-order valence-electron chi connectivity index (χ2n) is 4.89. The molecular formula is C15H14FNO4S. The molecule has 0 N–H and O–H groups in total. The van der Waals surface area contributed by atoms with Gasteiger partial charge in [0.25, 0.3) is 0 Å². The lowest BCUT2D eigenvalue weighted by atomic mass is 10.0. The molecule has 0 amide bonds. The fourth-order valence-electron chi connectivity index (χ4n) is 1.93. The fraction of sp³-hybridized carbons (Fsp3) is 0.267. The molecule has 0 aliphatic heterocycles. The molecule has 0 saturated heterocycles. The average Bonchev–Trinajstić information content (AvgIpc) is 2.93. The normalized spacial score (nSPS) is 11.9. The summed E-state index contributed by atoms with van der Waals surface area (Å²) in [5, 5.41) is 12.2. The van der Waals surface area contributed by atoms with E-state index in [2.05, 4.69) is 0 Å². The Bertz CT molecular complexity index is 686. The van der Waals surface area contributed by atoms with Crippen molar-refractivity contribution in [2.45, 2.75) is 20.0 Å². The van der Waals surface area contributed by atoms with Crippen LogP contribution in [0.4, 0.5) is 9.39 Å². The lowest BCUT2D eigenvalue weighted by molar-refractivity contribution is -0.380. The molecule has 0 radical (unpaired) electrons. The standard InChI is InChI=1S/C15H14FNO4S/c1-10(5-11-3-2-4-13(16)6-11)15(18)21-8-12-7-14(17(19)20)22-9-12/h2-4,6-7,9-10H,5,8H2,1H3. The van der Waals surface area contributed by atoms with Crippen molar-refractivity contribution >= 4 is 22.3 Å². The maximum atomic E-state index is 13.1. The monoisotopic (exact) mass is 323 g/mol. The number of nitrogens with zero attached hydrogens (tertiary/aromatic N) is 1. The first-order valence-electron chi connectivity index (χ1n) is 6.58. The number of hydrogen-bond acceptors (Lipinski definition) is 5. The largest absolute Gasteiger partial charge is 0.461 e. The van der Waals surface area contributed by atoms with E-state index in [0.29, 0.717) is 12.0 Å². The molecule has 0 aliphatic rings. The van der Waals surface area contributed by atoms with Crippen molar-refractivity contribution in [1.29, 1.82) is 0 Å². The van der Waals surface area contributed by atoms with Crippen LogP contribution < -0.4 is 0 Å². The predicted molar refractivity (Wildman–Crippen MR) is 80.0 cm³/mol. The summed E-state index contributed by atoms with van der Waals surface area (Å²) in [7, 11) is 0. The van der Waals surface area contributed by atoms with E-state index in [9.17, 15) is 19.3 Å². The van der Waals surface area contributed by atoms with E-state index >= 15 is 0 Å². The first kappa shape index (κ1) is 16.1. The van der Waals surface area contributed by atoms with Gasteiger partial charge in [-0.25, -0.2) is 4.39 Å². The van der Waals surface area contributed by atoms with Crippen LogP contribution in [0.3, 0.4) is 0 Å². The smallest absolute Gasteiger partial charge is 0.324 e. The highest BCUT2D eigenvalue weighted by molar-refractivity contribution is 7.13. The topological polar surface area (TPSA) is 69.4 Å². The highest BCUT2D eigenvalue weighted by Gasteiger charge is 2.17. The molecule has 2 aromatic rings. The third kappa shape index (κ3) is 4.36. The molecule has 7 heteroatoms. The van der Waals surface area contributed by atoms with E-state index in [1.165, 1.54) is 18.2 Å². The van der Waals surface area contributed by atoms with Crippen LogP contribution in [0.15, 0.2) is 35.7 Å². The van der Waals surface area contributed by atoms with Crippen molar-refractivity contribution in [2.24, 2.45) is 5.92 Å². The second-order valence-corrected chi connectivity index (χ2v) is 5.78. The van der Waals surface area contributed by atoms with Gasteiger partial charge >= 0.3 is 11.0 Å². The highest BCUT2D eigenvalue weighted by atomic mass is 32.1. The van der Waals surface area contributed by atoms with Crippen LogP contribution in [0.5, 0.6) is 0 Å². The van der Waals surface area contributed by atoms with Gasteiger partial charge in [0, 0.05) is 17.0 Å². The van der Waals surface area contributed by atoms with Gasteiger partial charge in [-0.05, 0) is 24.1 Å². The molecule has 1 atom stereocenters. The van der Waals surface area contributed by atoms with E-state index in [1.807, 2.05) is 0 Å². The van der Waals surface area contributed by atoms with E-state index < -0.39 is 16.8 Å². The lowest BCUT2D eigenvalue weighted by Gasteiger charge is -2.11. The predicted octanol–water partition coefficient (Wildman–Crippen LogP) is 3.72. The maximum Gasteiger partial charge on any atom is 0.324 e. The Morgan fingerprint density at radius 2 is 2.18 bits per heavy atom. The van der Waals surface area contributed by atoms with E-state index in [4.69, 9.17) is 4.74 Å². The number of esters is 1. The van der Waals surface area contributed by atoms with Gasteiger partial charge in [0.2, 0.25) is 0 Å². The number of carbonyl (C=O) groups is 1. The Hall–Kier alpha value is -2.28. The van der Waals surface area contributed by atoms with E-state index in [-0.39, 0.29) is 17.4 Å². The van der Waals surface area contributed by atoms with Crippen LogP contribution in [0.25, 0.3) is 0 Å². The summed E-state index contributed by atoms with van der Waals surface area (Å²) in [6.07, 6.45) is 0.375. The molecule has 1 aromatic heterocycles. The van der Waals surface area contributed by atoms with Crippen LogP contribution in [-0.4, -0.2) is 10.9 Å². The molecule has 116 valence electrons. The van der Waals surface area contributed by atoms with E-state index in [1.54, 1.807) is 24.4 Å². The minimum Gasteiger partial charge on any atom is -0.461 e. The Kier molecular flexibility index (Phi) is 5.21. The molecule has 0 fully saturated rings. The van der Waals surface area contributed by atoms with Crippen LogP contribution in [-0.2, 0) is 22.6 Å². The van der Waals surface area contributed by atoms with Gasteiger partial charge in [-0.15, -0.1) is 0 Å². The molecule has 5 nitrogen and oxygen atoms in total. The number of hydrogen-bond donors (Lipinski definition) is 0. The lowest BCUT2D eigenvalue weighted by Crippen LogP contribution is -2.17. The minimum atomic E-state index is -0.484. The van der Waals surface area contributed by atoms with Crippen LogP contribution in [0.2, 0.25) is 0 Å². The molecule has 1 aromatic carbocycles. The third-order valence-electron chi connectivity index (χ3n) is 3.03. The number of rotatable bonds is 6. The Labute approximate surface area is 130 Å². The summed E-state index contributed by atoms with van der Waals surface area (Å²) in [4.78, 5) is 22.0. The zero-order valence-electron chi connectivity index (χ0n) is 11.8. The van der Waals surface area contributed by atoms with Gasteiger partial charge in [0.1, 0.15) is 12.4 Å². The number of nitro groups is 1. The summed E-state index contributed by atoms with van der Waals surface area (Å²) in [5.41, 5.74) is 1.30. The molecule has 1 unspecified atom stereocenters. The van der Waals surface area contributed by atoms with Gasteiger partial charge in [-0.1, -0.05) is 30.4 Å². The minimum absolute atomic E-state index is 0.00331. The molecular weight excluding hydrogens is 309 g/mol. The van der Waals surface area contributed by atoms with Crippen molar-refractivity contribution < 1.29 is 18.8 Å². The van der Waals surface area contributed by atoms with Gasteiger partial charge in [-0.3, -0.25) is 14.9 Å². The number of benzene rings is 1. The van der Waals surface area contributed by atoms with Crippen molar-refractivity contribution in [3.8, 4) is 0 Å². The third-order valence-corrected chi connectivity index (χ3v) is 3.96. The Balaban J connectivity index is 1.87. The maximum absolute atomic E-state index is 13.1. The number of carbonyl (C=O) groups excluding carboxylic acids is 1. The van der Waals surface area contributed by atoms with Crippen LogP contribution in [0.1, 0.15) is 18.1 Å². The van der Waals surface area contributed by atoms with Gasteiger partial charge in [0.15, 0.2) is 0 Å². The molecule has 0 spiro atoms. The van der Waals surface area contributed by atoms with Crippen molar-refractivity contribution in [2.75, 3.05) is 0 Å². The van der Waals surface area contributed by atoms with Crippen molar-refractivity contribution in [3.63, 3.8) is 0 Å². The summed E-state index contributed by atoms with van der Waals surface area (Å²) in [6, 6.07) is 7.44. The SMILES string of the molecule is CC(Cc1cccc(F)c1)C(=O)OCc1csc([N+](=O)[O-])c1. The quantitative estimate of drug-likeness (QED) is 0.461. The first-order valence-corrected chi connectivity index (χ1v) is 7.46.